The summed E-state index contributed by atoms with van der Waals surface area (Å²) >= 11 is 0. The van der Waals surface area contributed by atoms with E-state index in [4.69, 9.17) is 0 Å². The molecule has 6 heteroatoms. The van der Waals surface area contributed by atoms with Gasteiger partial charge in [0, 0.05) is 25.2 Å². The van der Waals surface area contributed by atoms with Crippen molar-refractivity contribution in [3.63, 3.8) is 0 Å². The Hall–Kier alpha value is -2.76. The summed E-state index contributed by atoms with van der Waals surface area (Å²) in [5.41, 5.74) is 1.80. The van der Waals surface area contributed by atoms with Gasteiger partial charge in [0.1, 0.15) is 0 Å². The minimum absolute atomic E-state index is 0.00606. The monoisotopic (exact) mass is 324 g/mol. The highest BCUT2D eigenvalue weighted by atomic mass is 16.2. The first-order valence-electron chi connectivity index (χ1n) is 8.10. The van der Waals surface area contributed by atoms with Crippen molar-refractivity contribution in [2.45, 2.75) is 26.3 Å². The molecule has 1 fully saturated rings. The topological polar surface area (TPSA) is 75.2 Å². The van der Waals surface area contributed by atoms with Crippen LogP contribution < -0.4 is 10.2 Å². The molecule has 0 spiro atoms. The number of aromatic nitrogens is 2. The highest BCUT2D eigenvalue weighted by molar-refractivity contribution is 5.94. The van der Waals surface area contributed by atoms with Crippen LogP contribution in [0.1, 0.15) is 46.2 Å². The van der Waals surface area contributed by atoms with Crippen LogP contribution >= 0.6 is 0 Å². The lowest BCUT2D eigenvalue weighted by Crippen LogP contribution is -2.25. The molecule has 0 unspecified atom stereocenters. The molecule has 24 heavy (non-hydrogen) atoms. The molecule has 1 saturated heterocycles. The average molecular weight is 324 g/mol. The average Bonchev–Trinajstić information content (AvgIpc) is 3.14. The lowest BCUT2D eigenvalue weighted by molar-refractivity contribution is 0.0944. The largest absolute Gasteiger partial charge is 0.355 e. The van der Waals surface area contributed by atoms with Crippen LogP contribution in [0.5, 0.6) is 0 Å². The number of ketones is 1. The van der Waals surface area contributed by atoms with Crippen LogP contribution in [0.4, 0.5) is 5.82 Å². The summed E-state index contributed by atoms with van der Waals surface area (Å²) in [6, 6.07) is 10.8. The maximum Gasteiger partial charge on any atom is 0.272 e. The molecule has 1 aliphatic rings. The standard InChI is InChI=1S/C18H20N4O2/c1-13(23)15-6-4-5-14(11-15)12-19-18(24)16-7-8-17(21-20-16)22-9-2-3-10-22/h4-8,11H,2-3,9-10,12H2,1H3,(H,19,24). The molecule has 1 aromatic carbocycles. The van der Waals surface area contributed by atoms with E-state index >= 15 is 0 Å². The summed E-state index contributed by atoms with van der Waals surface area (Å²) < 4.78 is 0. The van der Waals surface area contributed by atoms with Crippen molar-refractivity contribution >= 4 is 17.5 Å². The molecule has 2 aromatic rings. The Morgan fingerprint density at radius 3 is 2.58 bits per heavy atom. The first-order valence-corrected chi connectivity index (χ1v) is 8.10. The molecular formula is C18H20N4O2. The molecule has 0 bridgehead atoms. The van der Waals surface area contributed by atoms with E-state index in [0.717, 1.165) is 24.5 Å². The number of carbonyl (C=O) groups excluding carboxylic acids is 2. The zero-order valence-electron chi connectivity index (χ0n) is 13.7. The van der Waals surface area contributed by atoms with E-state index in [1.807, 2.05) is 18.2 Å². The first kappa shape index (κ1) is 16.1. The lowest BCUT2D eigenvalue weighted by Gasteiger charge is -2.15. The third kappa shape index (κ3) is 3.76. The predicted molar refractivity (Wildman–Crippen MR) is 91.1 cm³/mol. The number of nitrogens with zero attached hydrogens (tertiary/aromatic N) is 3. The van der Waals surface area contributed by atoms with Gasteiger partial charge in [-0.1, -0.05) is 18.2 Å². The van der Waals surface area contributed by atoms with Crippen molar-refractivity contribution in [1.82, 2.24) is 15.5 Å². The maximum atomic E-state index is 12.2. The second kappa shape index (κ2) is 7.21. The van der Waals surface area contributed by atoms with Gasteiger partial charge in [0.25, 0.3) is 5.91 Å². The number of hydrogen-bond donors (Lipinski definition) is 1. The van der Waals surface area contributed by atoms with Gasteiger partial charge in [-0.3, -0.25) is 9.59 Å². The molecule has 3 rings (SSSR count). The highest BCUT2D eigenvalue weighted by Gasteiger charge is 2.15. The molecule has 1 aromatic heterocycles. The van der Waals surface area contributed by atoms with Gasteiger partial charge in [-0.15, -0.1) is 10.2 Å². The maximum absolute atomic E-state index is 12.2. The van der Waals surface area contributed by atoms with E-state index < -0.39 is 0 Å². The SMILES string of the molecule is CC(=O)c1cccc(CNC(=O)c2ccc(N3CCCC3)nn2)c1. The van der Waals surface area contributed by atoms with Gasteiger partial charge in [-0.25, -0.2) is 0 Å². The Morgan fingerprint density at radius 2 is 1.92 bits per heavy atom. The number of amides is 1. The van der Waals surface area contributed by atoms with Gasteiger partial charge in [0.05, 0.1) is 0 Å². The molecule has 0 atom stereocenters. The molecule has 124 valence electrons. The molecule has 0 aliphatic carbocycles. The number of Topliss-reactive ketones (excluding diaryl/α,β-unsaturated/α-hetero) is 1. The minimum atomic E-state index is -0.274. The number of anilines is 1. The van der Waals surface area contributed by atoms with Crippen LogP contribution in [0.25, 0.3) is 0 Å². The molecule has 2 heterocycles. The van der Waals surface area contributed by atoms with Crippen LogP contribution in [0.3, 0.4) is 0 Å². The number of carbonyl (C=O) groups is 2. The van der Waals surface area contributed by atoms with E-state index in [1.165, 1.54) is 19.8 Å². The van der Waals surface area contributed by atoms with Gasteiger partial charge in [0.15, 0.2) is 17.3 Å². The Bertz CT molecular complexity index is 737. The van der Waals surface area contributed by atoms with Crippen molar-refractivity contribution in [2.24, 2.45) is 0 Å². The predicted octanol–water partition coefficient (Wildman–Crippen LogP) is 2.21. The fraction of sp³-hybridized carbons (Fsp3) is 0.333. The van der Waals surface area contributed by atoms with Crippen LogP contribution in [0, 0.1) is 0 Å². The minimum Gasteiger partial charge on any atom is -0.355 e. The summed E-state index contributed by atoms with van der Waals surface area (Å²) in [7, 11) is 0. The number of rotatable bonds is 5. The van der Waals surface area contributed by atoms with Crippen molar-refractivity contribution in [1.29, 1.82) is 0 Å². The molecule has 0 saturated carbocycles. The summed E-state index contributed by atoms with van der Waals surface area (Å²) in [6.45, 7) is 3.85. The second-order valence-corrected chi connectivity index (χ2v) is 5.91. The van der Waals surface area contributed by atoms with Crippen molar-refractivity contribution in [3.05, 3.63) is 53.2 Å². The van der Waals surface area contributed by atoms with E-state index in [2.05, 4.69) is 20.4 Å². The summed E-state index contributed by atoms with van der Waals surface area (Å²) in [6.07, 6.45) is 2.34. The van der Waals surface area contributed by atoms with Crippen molar-refractivity contribution < 1.29 is 9.59 Å². The van der Waals surface area contributed by atoms with E-state index in [9.17, 15) is 9.59 Å². The molecule has 0 radical (unpaired) electrons. The van der Waals surface area contributed by atoms with Crippen molar-refractivity contribution in [2.75, 3.05) is 18.0 Å². The van der Waals surface area contributed by atoms with Crippen molar-refractivity contribution in [3.8, 4) is 0 Å². The number of benzene rings is 1. The second-order valence-electron chi connectivity index (χ2n) is 5.91. The molecule has 1 aliphatic heterocycles. The van der Waals surface area contributed by atoms with Crippen LogP contribution in [-0.4, -0.2) is 35.0 Å². The summed E-state index contributed by atoms with van der Waals surface area (Å²) in [4.78, 5) is 25.7. The van der Waals surface area contributed by atoms with E-state index in [1.54, 1.807) is 18.2 Å². The molecular weight excluding hydrogens is 304 g/mol. The van der Waals surface area contributed by atoms with Crippen LogP contribution in [0.2, 0.25) is 0 Å². The Morgan fingerprint density at radius 1 is 1.12 bits per heavy atom. The smallest absolute Gasteiger partial charge is 0.272 e. The van der Waals surface area contributed by atoms with Crippen LogP contribution in [0.15, 0.2) is 36.4 Å². The highest BCUT2D eigenvalue weighted by Crippen LogP contribution is 2.16. The normalized spacial score (nSPS) is 13.8. The third-order valence-electron chi connectivity index (χ3n) is 4.10. The zero-order valence-corrected chi connectivity index (χ0v) is 13.7. The number of nitrogens with one attached hydrogen (secondary N) is 1. The van der Waals surface area contributed by atoms with Gasteiger partial charge in [-0.05, 0) is 43.5 Å². The summed E-state index contributed by atoms with van der Waals surface area (Å²) in [5.74, 6) is 0.549. The molecule has 6 nitrogen and oxygen atoms in total. The van der Waals surface area contributed by atoms with Gasteiger partial charge < -0.3 is 10.2 Å². The van der Waals surface area contributed by atoms with Gasteiger partial charge >= 0.3 is 0 Å². The van der Waals surface area contributed by atoms with Gasteiger partial charge in [0.2, 0.25) is 0 Å². The van der Waals surface area contributed by atoms with E-state index in [0.29, 0.717) is 17.8 Å². The Labute approximate surface area is 140 Å². The quantitative estimate of drug-likeness (QED) is 0.854. The fourth-order valence-electron chi connectivity index (χ4n) is 2.73. The molecule has 1 amide bonds. The molecule has 1 N–H and O–H groups in total. The Balaban J connectivity index is 1.60. The first-order chi connectivity index (χ1) is 11.6. The van der Waals surface area contributed by atoms with E-state index in [-0.39, 0.29) is 11.7 Å². The van der Waals surface area contributed by atoms with Crippen LogP contribution in [-0.2, 0) is 6.54 Å². The fourth-order valence-corrected chi connectivity index (χ4v) is 2.73. The van der Waals surface area contributed by atoms with Gasteiger partial charge in [-0.2, -0.15) is 0 Å². The number of hydrogen-bond acceptors (Lipinski definition) is 5. The Kier molecular flexibility index (Phi) is 4.84. The third-order valence-corrected chi connectivity index (χ3v) is 4.10. The summed E-state index contributed by atoms with van der Waals surface area (Å²) in [5, 5.41) is 11.0. The zero-order chi connectivity index (χ0) is 16.9. The lowest BCUT2D eigenvalue weighted by atomic mass is 10.1.